The van der Waals surface area contributed by atoms with E-state index >= 15 is 0 Å². The Morgan fingerprint density at radius 1 is 1.25 bits per heavy atom. The summed E-state index contributed by atoms with van der Waals surface area (Å²) in [5, 5.41) is 0.512. The highest BCUT2D eigenvalue weighted by Crippen LogP contribution is 2.41. The Morgan fingerprint density at radius 2 is 2.04 bits per heavy atom. The molecule has 4 rings (SSSR count). The molecule has 24 heavy (non-hydrogen) atoms. The largest absolute Gasteiger partial charge is 0.368 e. The van der Waals surface area contributed by atoms with Crippen molar-refractivity contribution in [1.82, 2.24) is 0 Å². The molecule has 0 aromatic heterocycles. The lowest BCUT2D eigenvalue weighted by molar-refractivity contribution is -0.126. The summed E-state index contributed by atoms with van der Waals surface area (Å²) >= 11 is 1.39. The zero-order valence-electron chi connectivity index (χ0n) is 13.0. The number of hydrogen-bond donors (Lipinski definition) is 0. The molecule has 0 bridgehead atoms. The highest BCUT2D eigenvalue weighted by atomic mass is 32.2. The maximum atomic E-state index is 12.4. The first kappa shape index (κ1) is 16.1. The van der Waals surface area contributed by atoms with Gasteiger partial charge in [0.2, 0.25) is 0 Å². The number of para-hydroxylation sites is 1. The van der Waals surface area contributed by atoms with Crippen LogP contribution >= 0.6 is 11.8 Å². The smallest absolute Gasteiger partial charge is 0.277 e. The zero-order valence-corrected chi connectivity index (χ0v) is 14.6. The van der Waals surface area contributed by atoms with Crippen molar-refractivity contribution in [3.05, 3.63) is 30.3 Å². The van der Waals surface area contributed by atoms with Crippen LogP contribution in [0.5, 0.6) is 0 Å². The van der Waals surface area contributed by atoms with Gasteiger partial charge in [-0.1, -0.05) is 30.0 Å². The second-order valence-electron chi connectivity index (χ2n) is 6.24. The van der Waals surface area contributed by atoms with E-state index in [1.807, 2.05) is 35.2 Å². The molecule has 3 aliphatic rings. The lowest BCUT2D eigenvalue weighted by Crippen LogP contribution is -2.38. The summed E-state index contributed by atoms with van der Waals surface area (Å²) in [4.78, 5) is 18.6. The quantitative estimate of drug-likeness (QED) is 0.789. The van der Waals surface area contributed by atoms with Crippen molar-refractivity contribution in [2.24, 2.45) is 4.99 Å². The van der Waals surface area contributed by atoms with Crippen molar-refractivity contribution in [2.45, 2.75) is 30.2 Å². The Labute approximate surface area is 145 Å². The molecule has 6 nitrogen and oxygen atoms in total. The third-order valence-corrected chi connectivity index (χ3v) is 7.72. The first-order valence-electron chi connectivity index (χ1n) is 7.99. The molecule has 0 saturated carbocycles. The Morgan fingerprint density at radius 3 is 2.75 bits per heavy atom. The molecule has 3 saturated heterocycles. The predicted molar refractivity (Wildman–Crippen MR) is 94.2 cm³/mol. The third-order valence-electron chi connectivity index (χ3n) is 4.51. The molecule has 3 fully saturated rings. The number of carbonyl (C=O) groups is 1. The minimum absolute atomic E-state index is 0.0775. The first-order chi connectivity index (χ1) is 11.5. The topological polar surface area (TPSA) is 76.0 Å². The third kappa shape index (κ3) is 2.98. The summed E-state index contributed by atoms with van der Waals surface area (Å²) in [6.07, 6.45) is 1.12. The molecule has 1 amide bonds. The highest BCUT2D eigenvalue weighted by molar-refractivity contribution is 8.16. The molecule has 3 atom stereocenters. The summed E-state index contributed by atoms with van der Waals surface area (Å²) in [5.74, 6) is -0.0235. The molecule has 0 spiro atoms. The van der Waals surface area contributed by atoms with Crippen molar-refractivity contribution in [3.8, 4) is 0 Å². The van der Waals surface area contributed by atoms with Crippen molar-refractivity contribution >= 4 is 38.4 Å². The molecule has 128 valence electrons. The normalized spacial score (nSPS) is 33.1. The van der Waals surface area contributed by atoms with Gasteiger partial charge < -0.3 is 9.64 Å². The average molecular weight is 366 g/mol. The Bertz CT molecular complexity index is 773. The lowest BCUT2D eigenvalue weighted by Gasteiger charge is -2.24. The van der Waals surface area contributed by atoms with E-state index in [9.17, 15) is 13.2 Å². The van der Waals surface area contributed by atoms with Crippen molar-refractivity contribution in [3.63, 3.8) is 0 Å². The second-order valence-corrected chi connectivity index (χ2v) is 9.60. The minimum Gasteiger partial charge on any atom is -0.368 e. The van der Waals surface area contributed by atoms with Crippen molar-refractivity contribution in [1.29, 1.82) is 0 Å². The van der Waals surface area contributed by atoms with E-state index < -0.39 is 15.9 Å². The maximum absolute atomic E-state index is 12.4. The van der Waals surface area contributed by atoms with Gasteiger partial charge in [0.15, 0.2) is 15.0 Å². The Hall–Kier alpha value is -1.38. The van der Waals surface area contributed by atoms with Crippen molar-refractivity contribution in [2.75, 3.05) is 23.0 Å². The molecule has 0 radical (unpaired) electrons. The lowest BCUT2D eigenvalue weighted by atomic mass is 10.2. The number of thioether (sulfide) groups is 1. The molecule has 0 aliphatic carbocycles. The van der Waals surface area contributed by atoms with E-state index in [0.29, 0.717) is 18.2 Å². The molecule has 1 aromatic rings. The van der Waals surface area contributed by atoms with Crippen LogP contribution in [0.4, 0.5) is 5.69 Å². The first-order valence-corrected chi connectivity index (χ1v) is 10.7. The van der Waals surface area contributed by atoms with E-state index in [4.69, 9.17) is 4.74 Å². The van der Waals surface area contributed by atoms with Crippen LogP contribution in [-0.2, 0) is 19.4 Å². The fourth-order valence-corrected chi connectivity index (χ4v) is 7.31. The van der Waals surface area contributed by atoms with Crippen LogP contribution < -0.4 is 4.90 Å². The van der Waals surface area contributed by atoms with E-state index in [-0.39, 0.29) is 28.7 Å². The molecule has 1 aromatic carbocycles. The average Bonchev–Trinajstić information content (AvgIpc) is 3.22. The number of hydrogen-bond acceptors (Lipinski definition) is 5. The number of fused-ring (bicyclic) bond motifs is 1. The predicted octanol–water partition coefficient (Wildman–Crippen LogP) is 1.47. The molecule has 0 unspecified atom stereocenters. The van der Waals surface area contributed by atoms with Crippen LogP contribution in [0.3, 0.4) is 0 Å². The minimum atomic E-state index is -3.04. The van der Waals surface area contributed by atoms with Gasteiger partial charge in [-0.05, 0) is 25.0 Å². The standard InChI is InChI=1S/C16H18N2O4S2/c19-15(13-7-4-8-22-13)17-16-18(11-5-2-1-3-6-11)12-9-24(20,21)10-14(12)23-16/h1-3,5-6,12-14H,4,7-10H2/t12-,13+,14-/m1/s1. The van der Waals surface area contributed by atoms with Gasteiger partial charge in [-0.2, -0.15) is 4.99 Å². The molecule has 3 aliphatic heterocycles. The van der Waals surface area contributed by atoms with Gasteiger partial charge in [0.25, 0.3) is 5.91 Å². The van der Waals surface area contributed by atoms with E-state index in [2.05, 4.69) is 4.99 Å². The van der Waals surface area contributed by atoms with Gasteiger partial charge in [-0.15, -0.1) is 0 Å². The fourth-order valence-electron chi connectivity index (χ4n) is 3.39. The van der Waals surface area contributed by atoms with Crippen LogP contribution in [0.15, 0.2) is 35.3 Å². The van der Waals surface area contributed by atoms with Gasteiger partial charge in [-0.25, -0.2) is 8.42 Å². The van der Waals surface area contributed by atoms with E-state index in [1.165, 1.54) is 11.8 Å². The van der Waals surface area contributed by atoms with Gasteiger partial charge in [0.1, 0.15) is 6.10 Å². The van der Waals surface area contributed by atoms with Gasteiger partial charge in [-0.3, -0.25) is 4.79 Å². The maximum Gasteiger partial charge on any atom is 0.277 e. The SMILES string of the molecule is O=C(N=C1S[C@@H]2CS(=O)(=O)C[C@H]2N1c1ccccc1)[C@@H]1CCCO1. The van der Waals surface area contributed by atoms with Crippen LogP contribution in [-0.4, -0.2) is 55.0 Å². The molecule has 0 N–H and O–H groups in total. The van der Waals surface area contributed by atoms with Crippen LogP contribution in [0.1, 0.15) is 12.8 Å². The van der Waals surface area contributed by atoms with Gasteiger partial charge in [0, 0.05) is 17.5 Å². The Balaban J connectivity index is 1.67. The molecular formula is C16H18N2O4S2. The summed E-state index contributed by atoms with van der Waals surface area (Å²) in [7, 11) is -3.04. The van der Waals surface area contributed by atoms with E-state index in [0.717, 1.165) is 12.1 Å². The van der Waals surface area contributed by atoms with Crippen molar-refractivity contribution < 1.29 is 17.9 Å². The second kappa shape index (κ2) is 6.16. The van der Waals surface area contributed by atoms with E-state index in [1.54, 1.807) is 0 Å². The molecule has 3 heterocycles. The zero-order chi connectivity index (χ0) is 16.7. The number of nitrogens with zero attached hydrogens (tertiary/aromatic N) is 2. The number of benzene rings is 1. The Kier molecular flexibility index (Phi) is 4.14. The summed E-state index contributed by atoms with van der Waals surface area (Å²) in [6.45, 7) is 0.598. The molecule has 8 heteroatoms. The number of amides is 1. The summed E-state index contributed by atoms with van der Waals surface area (Å²) in [5.41, 5.74) is 0.869. The van der Waals surface area contributed by atoms with Gasteiger partial charge in [0.05, 0.1) is 17.5 Å². The number of aliphatic imine (C=N–C) groups is 1. The number of ether oxygens (including phenoxy) is 1. The summed E-state index contributed by atoms with van der Waals surface area (Å²) in [6, 6.07) is 9.37. The van der Waals surface area contributed by atoms with Gasteiger partial charge >= 0.3 is 0 Å². The van der Waals surface area contributed by atoms with Crippen LogP contribution in [0.25, 0.3) is 0 Å². The summed E-state index contributed by atoms with van der Waals surface area (Å²) < 4.78 is 29.4. The van der Waals surface area contributed by atoms with Crippen LogP contribution in [0.2, 0.25) is 0 Å². The number of anilines is 1. The van der Waals surface area contributed by atoms with Crippen LogP contribution in [0, 0.1) is 0 Å². The number of rotatable bonds is 2. The fraction of sp³-hybridized carbons (Fsp3) is 0.500. The highest BCUT2D eigenvalue weighted by Gasteiger charge is 2.49. The monoisotopic (exact) mass is 366 g/mol. The molecular weight excluding hydrogens is 348 g/mol. The number of sulfone groups is 1. The number of amidine groups is 1. The number of carbonyl (C=O) groups excluding carboxylic acids is 1.